The third-order valence-electron chi connectivity index (χ3n) is 5.78. The number of benzene rings is 1. The van der Waals surface area contributed by atoms with Gasteiger partial charge in [0.2, 0.25) is 5.70 Å². The molecule has 0 radical (unpaired) electrons. The van der Waals surface area contributed by atoms with Crippen molar-refractivity contribution >= 4 is 11.5 Å². The lowest BCUT2D eigenvalue weighted by atomic mass is 10.1. The standard InChI is InChI=1S/C22H25FN7/c1-28-10-8-18(9-11-28)26-21-6-7-22-24-13-20(30(22)27-21)17-12-25-29(15-17)14-16-4-2-3-5-19(16)23/h2-6,12-13,15,18,26H,7-11,14H2,1H3/q+1. The van der Waals surface area contributed by atoms with E-state index in [2.05, 4.69) is 33.4 Å². The summed E-state index contributed by atoms with van der Waals surface area (Å²) in [6.07, 6.45) is 10.6. The molecule has 0 unspecified atom stereocenters. The summed E-state index contributed by atoms with van der Waals surface area (Å²) in [5.74, 6) is 1.58. The molecule has 30 heavy (non-hydrogen) atoms. The smallest absolute Gasteiger partial charge is 0.328 e. The quantitative estimate of drug-likeness (QED) is 0.776. The Labute approximate surface area is 174 Å². The highest BCUT2D eigenvalue weighted by atomic mass is 19.1. The van der Waals surface area contributed by atoms with Crippen LogP contribution in [0.5, 0.6) is 0 Å². The number of fused-ring (bicyclic) bond motifs is 1. The summed E-state index contributed by atoms with van der Waals surface area (Å²) >= 11 is 0. The zero-order valence-corrected chi connectivity index (χ0v) is 17.0. The molecule has 154 valence electrons. The number of halogens is 1. The molecule has 0 bridgehead atoms. The van der Waals surface area contributed by atoms with Gasteiger partial charge in [0.15, 0.2) is 12.0 Å². The van der Waals surface area contributed by atoms with E-state index in [1.165, 1.54) is 6.07 Å². The number of azo groups is 2. The lowest BCUT2D eigenvalue weighted by molar-refractivity contribution is -0.379. The third kappa shape index (κ3) is 3.82. The van der Waals surface area contributed by atoms with Crippen molar-refractivity contribution in [1.82, 2.24) is 20.0 Å². The number of nitrogens with one attached hydrogen (secondary N) is 1. The van der Waals surface area contributed by atoms with E-state index in [0.29, 0.717) is 18.2 Å². The highest BCUT2D eigenvalue weighted by Gasteiger charge is 2.33. The van der Waals surface area contributed by atoms with E-state index in [1.807, 2.05) is 23.2 Å². The van der Waals surface area contributed by atoms with E-state index < -0.39 is 0 Å². The molecular weight excluding hydrogens is 381 g/mol. The molecule has 0 saturated carbocycles. The Kier molecular flexibility index (Phi) is 5.00. The van der Waals surface area contributed by atoms with Gasteiger partial charge in [-0.1, -0.05) is 28.0 Å². The van der Waals surface area contributed by atoms with Crippen molar-refractivity contribution in [2.24, 2.45) is 10.1 Å². The maximum absolute atomic E-state index is 14.0. The maximum atomic E-state index is 14.0. The topological polar surface area (TPSA) is 60.8 Å². The van der Waals surface area contributed by atoms with E-state index in [4.69, 9.17) is 5.11 Å². The molecule has 2 aromatic rings. The molecule has 3 aliphatic rings. The second-order valence-electron chi connectivity index (χ2n) is 8.00. The normalized spacial score (nSPS) is 19.7. The molecule has 1 aromatic carbocycles. The molecule has 7 nitrogen and oxygen atoms in total. The number of piperidine rings is 1. The second kappa shape index (κ2) is 7.95. The van der Waals surface area contributed by atoms with Crippen LogP contribution in [0.3, 0.4) is 0 Å². The van der Waals surface area contributed by atoms with E-state index >= 15 is 0 Å². The van der Waals surface area contributed by atoms with Crippen molar-refractivity contribution in [1.29, 1.82) is 0 Å². The Morgan fingerprint density at radius 2 is 2.07 bits per heavy atom. The number of likely N-dealkylation sites (tertiary alicyclic amines) is 1. The minimum absolute atomic E-state index is 0.221. The van der Waals surface area contributed by atoms with Crippen molar-refractivity contribution in [3.63, 3.8) is 0 Å². The highest BCUT2D eigenvalue weighted by Crippen LogP contribution is 2.26. The van der Waals surface area contributed by atoms with Crippen LogP contribution in [-0.4, -0.2) is 51.4 Å². The summed E-state index contributed by atoms with van der Waals surface area (Å²) < 4.78 is 17.6. The Morgan fingerprint density at radius 1 is 1.23 bits per heavy atom. The molecule has 5 rings (SSSR count). The molecule has 3 aliphatic heterocycles. The van der Waals surface area contributed by atoms with E-state index in [1.54, 1.807) is 23.0 Å². The van der Waals surface area contributed by atoms with Gasteiger partial charge in [-0.3, -0.25) is 4.68 Å². The SMILES string of the molecule is CN1CCC(NC2=CCC3=NC=C(c4cnn(Cc5ccccc5F)c4)[N+]3=N2)CC1. The lowest BCUT2D eigenvalue weighted by Crippen LogP contribution is -2.40. The Balaban J connectivity index is 1.30. The van der Waals surface area contributed by atoms with Crippen molar-refractivity contribution < 1.29 is 9.09 Å². The molecule has 1 saturated heterocycles. The Morgan fingerprint density at radius 3 is 2.90 bits per heavy atom. The van der Waals surface area contributed by atoms with Gasteiger partial charge in [-0.05, 0) is 50.1 Å². The third-order valence-corrected chi connectivity index (χ3v) is 5.78. The predicted octanol–water partition coefficient (Wildman–Crippen LogP) is 3.17. The number of hydrogen-bond donors (Lipinski definition) is 1. The molecule has 0 aliphatic carbocycles. The minimum atomic E-state index is -0.221. The number of aromatic nitrogens is 2. The highest BCUT2D eigenvalue weighted by molar-refractivity contribution is 5.85. The van der Waals surface area contributed by atoms with Gasteiger partial charge < -0.3 is 10.2 Å². The van der Waals surface area contributed by atoms with Crippen LogP contribution in [0.4, 0.5) is 4.39 Å². The molecule has 1 N–H and O–H groups in total. The van der Waals surface area contributed by atoms with Crippen LogP contribution in [0.1, 0.15) is 30.4 Å². The fourth-order valence-corrected chi connectivity index (χ4v) is 4.00. The van der Waals surface area contributed by atoms with Crippen LogP contribution in [0, 0.1) is 5.82 Å². The number of nitrogens with zero attached hydrogens (tertiary/aromatic N) is 6. The lowest BCUT2D eigenvalue weighted by Gasteiger charge is -2.30. The monoisotopic (exact) mass is 406 g/mol. The molecule has 4 heterocycles. The number of rotatable bonds is 5. The molecule has 0 atom stereocenters. The first-order chi connectivity index (χ1) is 14.7. The first kappa shape index (κ1) is 18.9. The van der Waals surface area contributed by atoms with Crippen molar-refractivity contribution in [3.05, 3.63) is 71.7 Å². The summed E-state index contributed by atoms with van der Waals surface area (Å²) in [7, 11) is 2.16. The Bertz CT molecular complexity index is 1070. The van der Waals surface area contributed by atoms with Gasteiger partial charge in [-0.15, -0.1) is 0 Å². The molecule has 8 heteroatoms. The van der Waals surface area contributed by atoms with Crippen LogP contribution >= 0.6 is 0 Å². The number of hydrogen-bond acceptors (Lipinski definition) is 5. The van der Waals surface area contributed by atoms with Gasteiger partial charge in [0.05, 0.1) is 24.7 Å². The molecule has 1 fully saturated rings. The average Bonchev–Trinajstić information content (AvgIpc) is 3.38. The molecule has 0 spiro atoms. The van der Waals surface area contributed by atoms with Gasteiger partial charge in [-0.2, -0.15) is 5.10 Å². The van der Waals surface area contributed by atoms with E-state index in [9.17, 15) is 4.39 Å². The fourth-order valence-electron chi connectivity index (χ4n) is 4.00. The van der Waals surface area contributed by atoms with Gasteiger partial charge in [0, 0.05) is 17.8 Å². The molecule has 0 amide bonds. The summed E-state index contributed by atoms with van der Waals surface area (Å²) in [6.45, 7) is 2.59. The van der Waals surface area contributed by atoms with Crippen LogP contribution in [0.15, 0.2) is 64.9 Å². The summed E-state index contributed by atoms with van der Waals surface area (Å²) in [4.78, 5) is 6.88. The van der Waals surface area contributed by atoms with Crippen LogP contribution in [-0.2, 0) is 6.54 Å². The van der Waals surface area contributed by atoms with E-state index in [-0.39, 0.29) is 5.82 Å². The average molecular weight is 406 g/mol. The van der Waals surface area contributed by atoms with Crippen molar-refractivity contribution in [2.75, 3.05) is 20.1 Å². The summed E-state index contributed by atoms with van der Waals surface area (Å²) in [6, 6.07) is 7.22. The summed E-state index contributed by atoms with van der Waals surface area (Å²) in [5.41, 5.74) is 2.41. The van der Waals surface area contributed by atoms with E-state index in [0.717, 1.165) is 55.3 Å². The Hall–Kier alpha value is -3.13. The van der Waals surface area contributed by atoms with Gasteiger partial charge in [0.25, 0.3) is 0 Å². The largest absolute Gasteiger partial charge is 0.364 e. The minimum Gasteiger partial charge on any atom is -0.364 e. The number of amidine groups is 1. The van der Waals surface area contributed by atoms with Gasteiger partial charge >= 0.3 is 5.84 Å². The second-order valence-corrected chi connectivity index (χ2v) is 8.00. The first-order valence-corrected chi connectivity index (χ1v) is 10.4. The maximum Gasteiger partial charge on any atom is 0.328 e. The first-order valence-electron chi connectivity index (χ1n) is 10.4. The molecular formula is C22H25FN7+. The molecule has 1 aromatic heterocycles. The number of aliphatic imine (C=N–C) groups is 1. The fraction of sp³-hybridized carbons (Fsp3) is 0.364. The summed E-state index contributed by atoms with van der Waals surface area (Å²) in [5, 5.41) is 12.8. The zero-order valence-electron chi connectivity index (χ0n) is 17.0. The van der Waals surface area contributed by atoms with Crippen LogP contribution < -0.4 is 5.32 Å². The van der Waals surface area contributed by atoms with Crippen molar-refractivity contribution in [2.45, 2.75) is 31.8 Å². The van der Waals surface area contributed by atoms with Gasteiger partial charge in [0.1, 0.15) is 5.82 Å². The van der Waals surface area contributed by atoms with Gasteiger partial charge in [-0.25, -0.2) is 4.39 Å². The predicted molar refractivity (Wildman–Crippen MR) is 112 cm³/mol. The van der Waals surface area contributed by atoms with Crippen LogP contribution in [0.2, 0.25) is 0 Å². The van der Waals surface area contributed by atoms with Crippen LogP contribution in [0.25, 0.3) is 5.70 Å². The zero-order chi connectivity index (χ0) is 20.5. The van der Waals surface area contributed by atoms with Crippen molar-refractivity contribution in [3.8, 4) is 0 Å².